The lowest BCUT2D eigenvalue weighted by atomic mass is 10.1. The summed E-state index contributed by atoms with van der Waals surface area (Å²) in [4.78, 5) is 10.4. The molecule has 0 radical (unpaired) electrons. The molecule has 0 unspecified atom stereocenters. The number of allylic oxidation sites excluding steroid dienone is 5. The molecule has 0 aliphatic heterocycles. The number of carboxylic acid groups (broad SMARTS) is 1. The summed E-state index contributed by atoms with van der Waals surface area (Å²) < 4.78 is 0. The Morgan fingerprint density at radius 1 is 1.26 bits per heavy atom. The summed E-state index contributed by atoms with van der Waals surface area (Å²) in [5.74, 6) is -0.926. The molecule has 0 atom stereocenters. The van der Waals surface area contributed by atoms with Crippen LogP contribution in [0.25, 0.3) is 6.08 Å². The minimum atomic E-state index is -0.926. The van der Waals surface area contributed by atoms with Crippen LogP contribution in [0.1, 0.15) is 18.9 Å². The zero-order valence-electron chi connectivity index (χ0n) is 11.0. The Labute approximate surface area is 114 Å². The van der Waals surface area contributed by atoms with E-state index in [1.165, 1.54) is 6.08 Å². The lowest BCUT2D eigenvalue weighted by Crippen LogP contribution is -1.87. The van der Waals surface area contributed by atoms with Gasteiger partial charge in [-0.3, -0.25) is 0 Å². The Morgan fingerprint density at radius 3 is 2.58 bits per heavy atom. The van der Waals surface area contributed by atoms with E-state index < -0.39 is 5.97 Å². The molecule has 0 spiro atoms. The molecule has 0 fully saturated rings. The van der Waals surface area contributed by atoms with Gasteiger partial charge in [-0.25, -0.2) is 4.79 Å². The molecule has 98 valence electrons. The van der Waals surface area contributed by atoms with Gasteiger partial charge in [0, 0.05) is 6.08 Å². The zero-order valence-corrected chi connectivity index (χ0v) is 11.0. The van der Waals surface area contributed by atoms with Crippen LogP contribution in [-0.4, -0.2) is 11.1 Å². The second-order valence-corrected chi connectivity index (χ2v) is 4.24. The van der Waals surface area contributed by atoms with Crippen molar-refractivity contribution >= 4 is 12.0 Å². The third-order valence-corrected chi connectivity index (χ3v) is 2.42. The Bertz CT molecular complexity index is 519. The van der Waals surface area contributed by atoms with Crippen LogP contribution >= 0.6 is 0 Å². The van der Waals surface area contributed by atoms with E-state index >= 15 is 0 Å². The summed E-state index contributed by atoms with van der Waals surface area (Å²) in [5, 5.41) is 8.56. The van der Waals surface area contributed by atoms with Gasteiger partial charge in [0.15, 0.2) is 0 Å². The quantitative estimate of drug-likeness (QED) is 0.609. The number of hydrogen-bond acceptors (Lipinski definition) is 1. The molecule has 0 saturated heterocycles. The molecule has 0 aliphatic rings. The normalized spacial score (nSPS) is 12.2. The van der Waals surface area contributed by atoms with Crippen molar-refractivity contribution in [3.63, 3.8) is 0 Å². The molecular weight excluding hydrogens is 236 g/mol. The van der Waals surface area contributed by atoms with Crippen molar-refractivity contribution in [1.82, 2.24) is 0 Å². The van der Waals surface area contributed by atoms with E-state index in [4.69, 9.17) is 5.11 Å². The van der Waals surface area contributed by atoms with Gasteiger partial charge < -0.3 is 5.11 Å². The van der Waals surface area contributed by atoms with Crippen LogP contribution in [0.5, 0.6) is 0 Å². The molecule has 1 N–H and O–H groups in total. The van der Waals surface area contributed by atoms with Crippen molar-refractivity contribution in [3.8, 4) is 0 Å². The minimum Gasteiger partial charge on any atom is -0.478 e. The van der Waals surface area contributed by atoms with Gasteiger partial charge >= 0.3 is 5.97 Å². The van der Waals surface area contributed by atoms with Crippen LogP contribution in [0.4, 0.5) is 0 Å². The molecule has 1 rings (SSSR count). The number of hydrogen-bond donors (Lipinski definition) is 1. The first-order valence-corrected chi connectivity index (χ1v) is 6.06. The summed E-state index contributed by atoms with van der Waals surface area (Å²) in [7, 11) is 0. The maximum absolute atomic E-state index is 10.4. The van der Waals surface area contributed by atoms with Gasteiger partial charge in [0.25, 0.3) is 0 Å². The standard InChI is InChI=1S/C17H18O2/c1-14(7-6-8-15(2)13-17(18)19)11-12-16-9-4-3-5-10-16/h3-6,8-13H,1,7H2,2H3,(H,18,19)/b8-6+,12-11+,15-13-. The van der Waals surface area contributed by atoms with Crippen molar-refractivity contribution < 1.29 is 9.90 Å². The van der Waals surface area contributed by atoms with Crippen LogP contribution in [0.15, 0.2) is 72.4 Å². The SMILES string of the molecule is C=C(/C=C/c1ccccc1)C/C=C/C(C)=C\C(=O)O. The third kappa shape index (κ3) is 6.84. The molecule has 0 amide bonds. The molecular formula is C17H18O2. The molecule has 1 aromatic carbocycles. The van der Waals surface area contributed by atoms with E-state index in [1.807, 2.05) is 48.6 Å². The number of carboxylic acids is 1. The van der Waals surface area contributed by atoms with Crippen LogP contribution in [0.3, 0.4) is 0 Å². The van der Waals surface area contributed by atoms with Crippen molar-refractivity contribution in [3.05, 3.63) is 77.9 Å². The van der Waals surface area contributed by atoms with Gasteiger partial charge in [-0.1, -0.05) is 66.8 Å². The molecule has 1 aromatic rings. The Morgan fingerprint density at radius 2 is 1.95 bits per heavy atom. The van der Waals surface area contributed by atoms with Crippen LogP contribution in [0.2, 0.25) is 0 Å². The average molecular weight is 254 g/mol. The summed E-state index contributed by atoms with van der Waals surface area (Å²) >= 11 is 0. The first-order chi connectivity index (χ1) is 9.08. The second-order valence-electron chi connectivity index (χ2n) is 4.24. The number of aliphatic carboxylic acids is 1. The second kappa shape index (κ2) is 7.88. The first kappa shape index (κ1) is 14.7. The number of rotatable bonds is 6. The monoisotopic (exact) mass is 254 g/mol. The highest BCUT2D eigenvalue weighted by molar-refractivity contribution is 5.81. The molecule has 0 aromatic heterocycles. The molecule has 0 heterocycles. The third-order valence-electron chi connectivity index (χ3n) is 2.42. The number of carbonyl (C=O) groups is 1. The van der Waals surface area contributed by atoms with Crippen molar-refractivity contribution in [1.29, 1.82) is 0 Å². The fourth-order valence-corrected chi connectivity index (χ4v) is 1.49. The topological polar surface area (TPSA) is 37.3 Å². The van der Waals surface area contributed by atoms with Crippen LogP contribution in [0, 0.1) is 0 Å². The van der Waals surface area contributed by atoms with Gasteiger partial charge in [0.1, 0.15) is 0 Å². The van der Waals surface area contributed by atoms with Gasteiger partial charge in [0.05, 0.1) is 0 Å². The maximum Gasteiger partial charge on any atom is 0.328 e. The Hall–Kier alpha value is -2.35. The highest BCUT2D eigenvalue weighted by Gasteiger charge is 1.90. The van der Waals surface area contributed by atoms with Crippen molar-refractivity contribution in [2.24, 2.45) is 0 Å². The van der Waals surface area contributed by atoms with E-state index in [9.17, 15) is 4.79 Å². The molecule has 0 saturated carbocycles. The van der Waals surface area contributed by atoms with Gasteiger partial charge in [-0.05, 0) is 24.5 Å². The molecule has 2 heteroatoms. The summed E-state index contributed by atoms with van der Waals surface area (Å²) in [6.07, 6.45) is 9.56. The Kier molecular flexibility index (Phi) is 6.10. The van der Waals surface area contributed by atoms with Gasteiger partial charge in [-0.15, -0.1) is 0 Å². The maximum atomic E-state index is 10.4. The van der Waals surface area contributed by atoms with E-state index in [0.29, 0.717) is 12.0 Å². The summed E-state index contributed by atoms with van der Waals surface area (Å²) in [6.45, 7) is 5.71. The molecule has 0 aliphatic carbocycles. The fraction of sp³-hybridized carbons (Fsp3) is 0.118. The van der Waals surface area contributed by atoms with Gasteiger partial charge in [-0.2, -0.15) is 0 Å². The van der Waals surface area contributed by atoms with Crippen molar-refractivity contribution in [2.75, 3.05) is 0 Å². The van der Waals surface area contributed by atoms with E-state index in [-0.39, 0.29) is 0 Å². The lowest BCUT2D eigenvalue weighted by Gasteiger charge is -1.95. The largest absolute Gasteiger partial charge is 0.478 e. The predicted molar refractivity (Wildman–Crippen MR) is 79.8 cm³/mol. The van der Waals surface area contributed by atoms with Crippen molar-refractivity contribution in [2.45, 2.75) is 13.3 Å². The minimum absolute atomic E-state index is 0.703. The first-order valence-electron chi connectivity index (χ1n) is 6.06. The number of benzene rings is 1. The van der Waals surface area contributed by atoms with Crippen LogP contribution in [-0.2, 0) is 4.79 Å². The fourth-order valence-electron chi connectivity index (χ4n) is 1.49. The summed E-state index contributed by atoms with van der Waals surface area (Å²) in [5.41, 5.74) is 2.82. The van der Waals surface area contributed by atoms with E-state index in [2.05, 4.69) is 6.58 Å². The van der Waals surface area contributed by atoms with E-state index in [0.717, 1.165) is 11.1 Å². The average Bonchev–Trinajstić information content (AvgIpc) is 2.36. The highest BCUT2D eigenvalue weighted by Crippen LogP contribution is 2.08. The zero-order chi connectivity index (χ0) is 14.1. The Balaban J connectivity index is 2.46. The van der Waals surface area contributed by atoms with Crippen LogP contribution < -0.4 is 0 Å². The summed E-state index contributed by atoms with van der Waals surface area (Å²) in [6, 6.07) is 10.0. The van der Waals surface area contributed by atoms with E-state index in [1.54, 1.807) is 13.0 Å². The molecule has 19 heavy (non-hydrogen) atoms. The molecule has 0 bridgehead atoms. The smallest absolute Gasteiger partial charge is 0.328 e. The highest BCUT2D eigenvalue weighted by atomic mass is 16.4. The van der Waals surface area contributed by atoms with Gasteiger partial charge in [0.2, 0.25) is 0 Å². The predicted octanol–water partition coefficient (Wildman–Crippen LogP) is 4.23. The molecule has 2 nitrogen and oxygen atoms in total. The lowest BCUT2D eigenvalue weighted by molar-refractivity contribution is -0.131.